The van der Waals surface area contributed by atoms with Gasteiger partial charge in [-0.2, -0.15) is 0 Å². The molecule has 0 saturated carbocycles. The molecule has 6 heteroatoms. The van der Waals surface area contributed by atoms with Crippen LogP contribution >= 0.6 is 0 Å². The van der Waals surface area contributed by atoms with Crippen molar-refractivity contribution in [1.29, 1.82) is 0 Å². The predicted molar refractivity (Wildman–Crippen MR) is 127 cm³/mol. The summed E-state index contributed by atoms with van der Waals surface area (Å²) in [7, 11) is 4.93. The maximum Gasteiger partial charge on any atom is 0.239 e. The number of benzene rings is 2. The van der Waals surface area contributed by atoms with Crippen LogP contribution in [0.2, 0.25) is 0 Å². The van der Waals surface area contributed by atoms with Crippen LogP contribution in [-0.2, 0) is 11.3 Å². The van der Waals surface area contributed by atoms with E-state index >= 15 is 0 Å². The van der Waals surface area contributed by atoms with Crippen LogP contribution in [0.1, 0.15) is 31.4 Å². The zero-order valence-electron chi connectivity index (χ0n) is 19.8. The van der Waals surface area contributed by atoms with Gasteiger partial charge in [0, 0.05) is 38.3 Å². The molecule has 6 nitrogen and oxygen atoms in total. The second-order valence-electron chi connectivity index (χ2n) is 7.90. The van der Waals surface area contributed by atoms with E-state index in [0.717, 1.165) is 41.2 Å². The fraction of sp³-hybridized carbons (Fsp3) is 0.423. The van der Waals surface area contributed by atoms with E-state index in [0.29, 0.717) is 25.4 Å². The largest absolute Gasteiger partial charge is 0.496 e. The summed E-state index contributed by atoms with van der Waals surface area (Å²) in [6.45, 7) is 6.85. The van der Waals surface area contributed by atoms with E-state index in [2.05, 4.69) is 23.1 Å². The second-order valence-corrected chi connectivity index (χ2v) is 7.90. The molecular formula is C26H34N2O4. The van der Waals surface area contributed by atoms with Gasteiger partial charge >= 0.3 is 0 Å². The molecule has 172 valence electrons. The molecule has 3 rings (SSSR count). The molecule has 1 aliphatic heterocycles. The minimum atomic E-state index is -0.184. The number of carbonyl (C=O) groups excluding carboxylic acids is 1. The molecule has 32 heavy (non-hydrogen) atoms. The summed E-state index contributed by atoms with van der Waals surface area (Å²) in [6, 6.07) is 13.7. The van der Waals surface area contributed by atoms with E-state index in [4.69, 9.17) is 14.2 Å². The lowest BCUT2D eigenvalue weighted by Crippen LogP contribution is -2.48. The quantitative estimate of drug-likeness (QED) is 0.586. The van der Waals surface area contributed by atoms with Crippen molar-refractivity contribution in [1.82, 2.24) is 9.80 Å². The first-order chi connectivity index (χ1) is 15.5. The van der Waals surface area contributed by atoms with Gasteiger partial charge in [0.1, 0.15) is 17.2 Å². The van der Waals surface area contributed by atoms with E-state index in [1.807, 2.05) is 49.1 Å². The Hall–Kier alpha value is -2.99. The minimum absolute atomic E-state index is 0.160. The van der Waals surface area contributed by atoms with Gasteiger partial charge in [0.15, 0.2) is 0 Å². The molecule has 0 spiro atoms. The lowest BCUT2D eigenvalue weighted by molar-refractivity contribution is -0.136. The molecule has 2 aromatic carbocycles. The van der Waals surface area contributed by atoms with Crippen LogP contribution in [0.3, 0.4) is 0 Å². The fourth-order valence-corrected chi connectivity index (χ4v) is 4.16. The number of likely N-dealkylation sites (N-methyl/N-ethyl adjacent to an activating group) is 1. The highest BCUT2D eigenvalue weighted by Crippen LogP contribution is 2.41. The summed E-state index contributed by atoms with van der Waals surface area (Å²) < 4.78 is 16.6. The molecule has 0 fully saturated rings. The SMILES string of the molecule is CCN(Cc1ccccc1)C(=O)[C@H](C)N1CC=C(c2c(OC)cc(OC)cc2OC)CC1. The summed E-state index contributed by atoms with van der Waals surface area (Å²) in [4.78, 5) is 17.4. The Morgan fingerprint density at radius 3 is 2.22 bits per heavy atom. The minimum Gasteiger partial charge on any atom is -0.496 e. The summed E-state index contributed by atoms with van der Waals surface area (Å²) in [5, 5.41) is 0. The van der Waals surface area contributed by atoms with Gasteiger partial charge in [0.2, 0.25) is 5.91 Å². The highest BCUT2D eigenvalue weighted by Gasteiger charge is 2.28. The maximum absolute atomic E-state index is 13.2. The Morgan fingerprint density at radius 1 is 1.06 bits per heavy atom. The number of amides is 1. The topological polar surface area (TPSA) is 51.2 Å². The molecule has 2 aromatic rings. The third kappa shape index (κ3) is 5.25. The molecule has 0 aliphatic carbocycles. The van der Waals surface area contributed by atoms with Gasteiger partial charge in [0.25, 0.3) is 0 Å². The standard InChI is InChI=1S/C26H34N2O4/c1-6-27(18-20-10-8-7-9-11-20)26(29)19(2)28-14-12-21(13-15-28)25-23(31-4)16-22(30-3)17-24(25)32-5/h7-12,16-17,19H,6,13-15,18H2,1-5H3/t19-/m0/s1. The molecule has 1 aliphatic rings. The Morgan fingerprint density at radius 2 is 1.72 bits per heavy atom. The smallest absolute Gasteiger partial charge is 0.239 e. The lowest BCUT2D eigenvalue weighted by atomic mass is 9.96. The van der Waals surface area contributed by atoms with E-state index in [1.165, 1.54) is 0 Å². The van der Waals surface area contributed by atoms with Gasteiger partial charge < -0.3 is 19.1 Å². The van der Waals surface area contributed by atoms with Crippen LogP contribution in [0.15, 0.2) is 48.5 Å². The van der Waals surface area contributed by atoms with Crippen molar-refractivity contribution < 1.29 is 19.0 Å². The molecular weight excluding hydrogens is 404 g/mol. The van der Waals surface area contributed by atoms with Gasteiger partial charge in [-0.1, -0.05) is 36.4 Å². The number of hydrogen-bond donors (Lipinski definition) is 0. The first-order valence-corrected chi connectivity index (χ1v) is 11.1. The molecule has 0 saturated heterocycles. The second kappa shape index (κ2) is 11.0. The van der Waals surface area contributed by atoms with E-state index in [1.54, 1.807) is 21.3 Å². The predicted octanol–water partition coefficient (Wildman–Crippen LogP) is 4.24. The monoisotopic (exact) mass is 438 g/mol. The Labute approximate surface area is 191 Å². The number of methoxy groups -OCH3 is 3. The zero-order chi connectivity index (χ0) is 23.1. The van der Waals surface area contributed by atoms with Crippen molar-refractivity contribution in [3.63, 3.8) is 0 Å². The summed E-state index contributed by atoms with van der Waals surface area (Å²) in [6.07, 6.45) is 2.98. The van der Waals surface area contributed by atoms with Crippen molar-refractivity contribution in [3.8, 4) is 17.2 Å². The van der Waals surface area contributed by atoms with Gasteiger partial charge in [-0.15, -0.1) is 0 Å². The van der Waals surface area contributed by atoms with Crippen LogP contribution in [-0.4, -0.2) is 62.7 Å². The van der Waals surface area contributed by atoms with E-state index in [9.17, 15) is 4.79 Å². The average Bonchev–Trinajstić information content (AvgIpc) is 2.86. The number of nitrogens with zero attached hydrogens (tertiary/aromatic N) is 2. The Kier molecular flexibility index (Phi) is 8.17. The fourth-order valence-electron chi connectivity index (χ4n) is 4.16. The number of carbonyl (C=O) groups is 1. The summed E-state index contributed by atoms with van der Waals surface area (Å²) in [5.41, 5.74) is 3.26. The highest BCUT2D eigenvalue weighted by atomic mass is 16.5. The van der Waals surface area contributed by atoms with Crippen molar-refractivity contribution in [3.05, 3.63) is 59.7 Å². The van der Waals surface area contributed by atoms with Crippen molar-refractivity contribution >= 4 is 11.5 Å². The zero-order valence-corrected chi connectivity index (χ0v) is 19.8. The van der Waals surface area contributed by atoms with Crippen LogP contribution < -0.4 is 14.2 Å². The molecule has 0 bridgehead atoms. The van der Waals surface area contributed by atoms with E-state index < -0.39 is 0 Å². The molecule has 1 amide bonds. The van der Waals surface area contributed by atoms with Crippen LogP contribution in [0.5, 0.6) is 17.2 Å². The van der Waals surface area contributed by atoms with Crippen LogP contribution in [0.25, 0.3) is 5.57 Å². The molecule has 0 aromatic heterocycles. The van der Waals surface area contributed by atoms with Crippen LogP contribution in [0.4, 0.5) is 0 Å². The third-order valence-electron chi connectivity index (χ3n) is 6.09. The van der Waals surface area contributed by atoms with Gasteiger partial charge in [-0.25, -0.2) is 0 Å². The molecule has 0 radical (unpaired) electrons. The summed E-state index contributed by atoms with van der Waals surface area (Å²) in [5.74, 6) is 2.31. The number of ether oxygens (including phenoxy) is 3. The first-order valence-electron chi connectivity index (χ1n) is 11.1. The van der Waals surface area contributed by atoms with Crippen molar-refractivity contribution in [2.24, 2.45) is 0 Å². The van der Waals surface area contributed by atoms with Gasteiger partial charge in [-0.3, -0.25) is 9.69 Å². The van der Waals surface area contributed by atoms with Gasteiger partial charge in [-0.05, 0) is 31.4 Å². The third-order valence-corrected chi connectivity index (χ3v) is 6.09. The van der Waals surface area contributed by atoms with Gasteiger partial charge in [0.05, 0.1) is 32.9 Å². The molecule has 0 unspecified atom stereocenters. The number of rotatable bonds is 9. The van der Waals surface area contributed by atoms with E-state index in [-0.39, 0.29) is 11.9 Å². The average molecular weight is 439 g/mol. The van der Waals surface area contributed by atoms with Crippen molar-refractivity contribution in [2.75, 3.05) is 41.0 Å². The first kappa shape index (κ1) is 23.7. The normalized spacial score (nSPS) is 15.0. The lowest BCUT2D eigenvalue weighted by Gasteiger charge is -2.34. The van der Waals surface area contributed by atoms with Crippen LogP contribution in [0, 0.1) is 0 Å². The molecule has 1 atom stereocenters. The molecule has 1 heterocycles. The Bertz CT molecular complexity index is 917. The maximum atomic E-state index is 13.2. The Balaban J connectivity index is 1.74. The number of hydrogen-bond acceptors (Lipinski definition) is 5. The van der Waals surface area contributed by atoms with Crippen molar-refractivity contribution in [2.45, 2.75) is 32.9 Å². The molecule has 0 N–H and O–H groups in total. The highest BCUT2D eigenvalue weighted by molar-refractivity contribution is 5.82. The summed E-state index contributed by atoms with van der Waals surface area (Å²) >= 11 is 0.